The molecule has 0 amide bonds. The standard InChI is InChI=1S/C12H19N3S/c1-9(2)3-4-10-5-6-11(13-7-10)12-15-14-8-16-12/h8,10-11,13H,1,3-7H2,2H3. The second-order valence-electron chi connectivity index (χ2n) is 4.68. The highest BCUT2D eigenvalue weighted by Gasteiger charge is 2.23. The van der Waals surface area contributed by atoms with Gasteiger partial charge in [-0.1, -0.05) is 5.57 Å². The molecular formula is C12H19N3S. The van der Waals surface area contributed by atoms with Crippen LogP contribution in [0.3, 0.4) is 0 Å². The molecule has 2 atom stereocenters. The highest BCUT2D eigenvalue weighted by Crippen LogP contribution is 2.28. The Labute approximate surface area is 101 Å². The first-order chi connectivity index (χ1) is 7.75. The highest BCUT2D eigenvalue weighted by atomic mass is 32.1. The smallest absolute Gasteiger partial charge is 0.134 e. The van der Waals surface area contributed by atoms with Gasteiger partial charge in [-0.15, -0.1) is 28.1 Å². The van der Waals surface area contributed by atoms with Crippen LogP contribution in [0.25, 0.3) is 0 Å². The third-order valence-electron chi connectivity index (χ3n) is 3.17. The average molecular weight is 237 g/mol. The molecule has 2 rings (SSSR count). The van der Waals surface area contributed by atoms with E-state index in [0.717, 1.165) is 23.9 Å². The molecule has 0 bridgehead atoms. The van der Waals surface area contributed by atoms with E-state index in [4.69, 9.17) is 0 Å². The van der Waals surface area contributed by atoms with Crippen molar-refractivity contribution in [2.75, 3.05) is 6.54 Å². The van der Waals surface area contributed by atoms with Gasteiger partial charge in [0, 0.05) is 0 Å². The lowest BCUT2D eigenvalue weighted by Gasteiger charge is -2.28. The topological polar surface area (TPSA) is 37.8 Å². The van der Waals surface area contributed by atoms with Crippen molar-refractivity contribution in [3.63, 3.8) is 0 Å². The molecule has 1 aliphatic rings. The lowest BCUT2D eigenvalue weighted by atomic mass is 9.90. The van der Waals surface area contributed by atoms with E-state index in [9.17, 15) is 0 Å². The zero-order valence-corrected chi connectivity index (χ0v) is 10.6. The second-order valence-corrected chi connectivity index (χ2v) is 5.54. The first-order valence-electron chi connectivity index (χ1n) is 5.89. The molecule has 2 heterocycles. The number of rotatable bonds is 4. The first kappa shape index (κ1) is 11.7. The SMILES string of the molecule is C=C(C)CCC1CCC(c2nncs2)NC1. The van der Waals surface area contributed by atoms with Gasteiger partial charge in [0.1, 0.15) is 10.5 Å². The number of hydrogen-bond donors (Lipinski definition) is 1. The van der Waals surface area contributed by atoms with Crippen molar-refractivity contribution < 1.29 is 0 Å². The fourth-order valence-corrected chi connectivity index (χ4v) is 2.82. The van der Waals surface area contributed by atoms with Crippen molar-refractivity contribution in [1.29, 1.82) is 0 Å². The quantitative estimate of drug-likeness (QED) is 0.818. The van der Waals surface area contributed by atoms with Gasteiger partial charge in [-0.05, 0) is 45.1 Å². The molecule has 1 fully saturated rings. The van der Waals surface area contributed by atoms with Crippen LogP contribution in [0.2, 0.25) is 0 Å². The predicted molar refractivity (Wildman–Crippen MR) is 67.4 cm³/mol. The molecule has 2 unspecified atom stereocenters. The number of aromatic nitrogens is 2. The minimum absolute atomic E-state index is 0.438. The van der Waals surface area contributed by atoms with E-state index in [-0.39, 0.29) is 0 Å². The van der Waals surface area contributed by atoms with Crippen molar-refractivity contribution >= 4 is 11.3 Å². The molecule has 1 aromatic rings. The zero-order valence-electron chi connectivity index (χ0n) is 9.78. The molecule has 4 heteroatoms. The monoisotopic (exact) mass is 237 g/mol. The van der Waals surface area contributed by atoms with Gasteiger partial charge in [0.05, 0.1) is 6.04 Å². The Morgan fingerprint density at radius 3 is 3.06 bits per heavy atom. The Bertz CT molecular complexity index is 326. The fourth-order valence-electron chi connectivity index (χ4n) is 2.16. The van der Waals surface area contributed by atoms with Crippen molar-refractivity contribution in [3.05, 3.63) is 22.7 Å². The maximum Gasteiger partial charge on any atom is 0.134 e. The van der Waals surface area contributed by atoms with Gasteiger partial charge in [0.15, 0.2) is 0 Å². The Balaban J connectivity index is 1.76. The Morgan fingerprint density at radius 1 is 1.62 bits per heavy atom. The van der Waals surface area contributed by atoms with E-state index in [1.165, 1.54) is 24.8 Å². The van der Waals surface area contributed by atoms with Crippen LogP contribution in [-0.4, -0.2) is 16.7 Å². The predicted octanol–water partition coefficient (Wildman–Crippen LogP) is 2.94. The lowest BCUT2D eigenvalue weighted by molar-refractivity contribution is 0.300. The molecule has 1 N–H and O–H groups in total. The minimum atomic E-state index is 0.438. The van der Waals surface area contributed by atoms with Crippen LogP contribution in [0.4, 0.5) is 0 Å². The van der Waals surface area contributed by atoms with Crippen LogP contribution in [0.5, 0.6) is 0 Å². The normalized spacial score (nSPS) is 25.6. The van der Waals surface area contributed by atoms with Crippen LogP contribution in [0.1, 0.15) is 43.7 Å². The number of allylic oxidation sites excluding steroid dienone is 1. The molecule has 1 aromatic heterocycles. The summed E-state index contributed by atoms with van der Waals surface area (Å²) >= 11 is 1.65. The van der Waals surface area contributed by atoms with E-state index in [0.29, 0.717) is 6.04 Å². The van der Waals surface area contributed by atoms with E-state index in [2.05, 4.69) is 29.0 Å². The molecule has 3 nitrogen and oxygen atoms in total. The van der Waals surface area contributed by atoms with Crippen LogP contribution in [0, 0.1) is 5.92 Å². The maximum atomic E-state index is 4.13. The summed E-state index contributed by atoms with van der Waals surface area (Å²) in [6.07, 6.45) is 4.92. The van der Waals surface area contributed by atoms with Gasteiger partial charge in [-0.2, -0.15) is 0 Å². The zero-order chi connectivity index (χ0) is 11.4. The number of nitrogens with zero attached hydrogens (tertiary/aromatic N) is 2. The van der Waals surface area contributed by atoms with Crippen LogP contribution in [0.15, 0.2) is 17.7 Å². The van der Waals surface area contributed by atoms with Gasteiger partial charge in [-0.25, -0.2) is 0 Å². The van der Waals surface area contributed by atoms with Crippen molar-refractivity contribution in [2.45, 2.75) is 38.6 Å². The maximum absolute atomic E-state index is 4.13. The fraction of sp³-hybridized carbons (Fsp3) is 0.667. The molecule has 0 spiro atoms. The summed E-state index contributed by atoms with van der Waals surface area (Å²) in [5, 5.41) is 12.7. The van der Waals surface area contributed by atoms with Crippen LogP contribution < -0.4 is 5.32 Å². The summed E-state index contributed by atoms with van der Waals surface area (Å²) < 4.78 is 0. The van der Waals surface area contributed by atoms with Gasteiger partial charge >= 0.3 is 0 Å². The van der Waals surface area contributed by atoms with E-state index < -0.39 is 0 Å². The Morgan fingerprint density at radius 2 is 2.50 bits per heavy atom. The van der Waals surface area contributed by atoms with Gasteiger partial charge in [-0.3, -0.25) is 0 Å². The summed E-state index contributed by atoms with van der Waals surface area (Å²) in [6, 6.07) is 0.438. The lowest BCUT2D eigenvalue weighted by Crippen LogP contribution is -2.33. The largest absolute Gasteiger partial charge is 0.308 e. The molecule has 1 saturated heterocycles. The highest BCUT2D eigenvalue weighted by molar-refractivity contribution is 7.09. The Hall–Kier alpha value is -0.740. The molecule has 0 saturated carbocycles. The summed E-state index contributed by atoms with van der Waals surface area (Å²) in [6.45, 7) is 7.18. The van der Waals surface area contributed by atoms with Crippen molar-refractivity contribution in [3.8, 4) is 0 Å². The summed E-state index contributed by atoms with van der Waals surface area (Å²) in [4.78, 5) is 0. The molecular weight excluding hydrogens is 218 g/mol. The molecule has 16 heavy (non-hydrogen) atoms. The van der Waals surface area contributed by atoms with Crippen LogP contribution >= 0.6 is 11.3 Å². The molecule has 0 aromatic carbocycles. The molecule has 1 aliphatic heterocycles. The summed E-state index contributed by atoms with van der Waals surface area (Å²) in [7, 11) is 0. The summed E-state index contributed by atoms with van der Waals surface area (Å²) in [5.41, 5.74) is 3.11. The number of hydrogen-bond acceptors (Lipinski definition) is 4. The third kappa shape index (κ3) is 3.12. The Kier molecular flexibility index (Phi) is 4.07. The first-order valence-corrected chi connectivity index (χ1v) is 6.77. The van der Waals surface area contributed by atoms with E-state index >= 15 is 0 Å². The van der Waals surface area contributed by atoms with E-state index in [1.807, 2.05) is 5.51 Å². The minimum Gasteiger partial charge on any atom is -0.308 e. The van der Waals surface area contributed by atoms with Gasteiger partial charge in [0.2, 0.25) is 0 Å². The van der Waals surface area contributed by atoms with Crippen LogP contribution in [-0.2, 0) is 0 Å². The van der Waals surface area contributed by atoms with Gasteiger partial charge < -0.3 is 5.32 Å². The van der Waals surface area contributed by atoms with E-state index in [1.54, 1.807) is 11.3 Å². The third-order valence-corrected chi connectivity index (χ3v) is 3.98. The molecule has 0 aliphatic carbocycles. The van der Waals surface area contributed by atoms with Crippen molar-refractivity contribution in [1.82, 2.24) is 15.5 Å². The van der Waals surface area contributed by atoms with Gasteiger partial charge in [0.25, 0.3) is 0 Å². The molecule has 0 radical (unpaired) electrons. The number of nitrogens with one attached hydrogen (secondary N) is 1. The molecule has 88 valence electrons. The van der Waals surface area contributed by atoms with Crippen molar-refractivity contribution in [2.24, 2.45) is 5.92 Å². The average Bonchev–Trinajstić information content (AvgIpc) is 2.80. The number of piperidine rings is 1. The second kappa shape index (κ2) is 5.55. The summed E-state index contributed by atoms with van der Waals surface area (Å²) in [5.74, 6) is 0.806.